The number of nitrogens with zero attached hydrogens (tertiary/aromatic N) is 2. The zero-order valence-corrected chi connectivity index (χ0v) is 19.9. The maximum Gasteiger partial charge on any atom is 0.416 e. The van der Waals surface area contributed by atoms with E-state index in [-0.39, 0.29) is 12.1 Å². The van der Waals surface area contributed by atoms with E-state index in [1.807, 2.05) is 12.1 Å². The van der Waals surface area contributed by atoms with Gasteiger partial charge >= 0.3 is 6.18 Å². The summed E-state index contributed by atoms with van der Waals surface area (Å²) in [6.07, 6.45) is 4.62. The highest BCUT2D eigenvalue weighted by Gasteiger charge is 2.33. The van der Waals surface area contributed by atoms with Gasteiger partial charge in [-0.05, 0) is 84.7 Å². The van der Waals surface area contributed by atoms with Crippen molar-refractivity contribution < 1.29 is 13.2 Å². The summed E-state index contributed by atoms with van der Waals surface area (Å²) in [5.41, 5.74) is 3.97. The molecule has 0 N–H and O–H groups in total. The van der Waals surface area contributed by atoms with Crippen LogP contribution in [0, 0.1) is 5.92 Å². The van der Waals surface area contributed by atoms with Gasteiger partial charge in [0.25, 0.3) is 0 Å². The van der Waals surface area contributed by atoms with E-state index in [0.717, 1.165) is 55.3 Å². The van der Waals surface area contributed by atoms with Crippen LogP contribution in [0.3, 0.4) is 0 Å². The molecule has 4 rings (SSSR count). The van der Waals surface area contributed by atoms with Crippen molar-refractivity contribution in [1.29, 1.82) is 0 Å². The SMILES string of the molecule is CC(C)CC[C@@H](c1ccc(-c2ccncc2)cc1)N1CCCC[C@@H]1c1ccc(C(F)(F)F)cc1. The highest BCUT2D eigenvalue weighted by Crippen LogP contribution is 2.41. The van der Waals surface area contributed by atoms with Crippen molar-refractivity contribution in [3.63, 3.8) is 0 Å². The topological polar surface area (TPSA) is 16.1 Å². The minimum atomic E-state index is -4.30. The smallest absolute Gasteiger partial charge is 0.289 e. The van der Waals surface area contributed by atoms with E-state index >= 15 is 0 Å². The number of pyridine rings is 1. The molecule has 3 aromatic rings. The highest BCUT2D eigenvalue weighted by molar-refractivity contribution is 5.63. The monoisotopic (exact) mass is 466 g/mol. The summed E-state index contributed by atoms with van der Waals surface area (Å²) in [6, 6.07) is 19.0. The Hall–Kier alpha value is -2.66. The summed E-state index contributed by atoms with van der Waals surface area (Å²) >= 11 is 0. The number of alkyl halides is 3. The largest absolute Gasteiger partial charge is 0.416 e. The molecule has 180 valence electrons. The van der Waals surface area contributed by atoms with E-state index in [9.17, 15) is 13.2 Å². The summed E-state index contributed by atoms with van der Waals surface area (Å²) in [5, 5.41) is 0. The van der Waals surface area contributed by atoms with E-state index in [1.54, 1.807) is 24.5 Å². The maximum atomic E-state index is 13.1. The summed E-state index contributed by atoms with van der Waals surface area (Å²) in [7, 11) is 0. The normalized spacial score (nSPS) is 18.2. The summed E-state index contributed by atoms with van der Waals surface area (Å²) in [6.45, 7) is 5.45. The van der Waals surface area contributed by atoms with Crippen molar-refractivity contribution in [3.05, 3.63) is 89.7 Å². The van der Waals surface area contributed by atoms with Gasteiger partial charge in [0.1, 0.15) is 0 Å². The molecule has 0 saturated carbocycles. The first kappa shape index (κ1) is 24.5. The Balaban J connectivity index is 1.63. The maximum absolute atomic E-state index is 13.1. The molecule has 1 aliphatic heterocycles. The molecule has 0 bridgehead atoms. The van der Waals surface area contributed by atoms with E-state index in [0.29, 0.717) is 5.92 Å². The van der Waals surface area contributed by atoms with E-state index in [2.05, 4.69) is 48.0 Å². The third kappa shape index (κ3) is 5.87. The molecule has 0 spiro atoms. The molecule has 2 nitrogen and oxygen atoms in total. The van der Waals surface area contributed by atoms with Crippen molar-refractivity contribution in [3.8, 4) is 11.1 Å². The van der Waals surface area contributed by atoms with Gasteiger partial charge in [-0.25, -0.2) is 0 Å². The molecule has 34 heavy (non-hydrogen) atoms. The second kappa shape index (κ2) is 10.7. The summed E-state index contributed by atoms with van der Waals surface area (Å²) < 4.78 is 39.3. The molecule has 1 aromatic heterocycles. The number of hydrogen-bond acceptors (Lipinski definition) is 2. The van der Waals surface area contributed by atoms with Crippen LogP contribution in [-0.2, 0) is 6.18 Å². The average Bonchev–Trinajstić information content (AvgIpc) is 2.85. The number of piperidine rings is 1. The number of aromatic nitrogens is 1. The summed E-state index contributed by atoms with van der Waals surface area (Å²) in [4.78, 5) is 6.64. The molecule has 0 radical (unpaired) electrons. The lowest BCUT2D eigenvalue weighted by Crippen LogP contribution is -2.37. The predicted molar refractivity (Wildman–Crippen MR) is 131 cm³/mol. The number of benzene rings is 2. The Morgan fingerprint density at radius 1 is 0.853 bits per heavy atom. The van der Waals surface area contributed by atoms with Gasteiger partial charge in [-0.3, -0.25) is 9.88 Å². The van der Waals surface area contributed by atoms with Crippen LogP contribution in [-0.4, -0.2) is 16.4 Å². The van der Waals surface area contributed by atoms with Gasteiger partial charge in [0.05, 0.1) is 5.56 Å². The highest BCUT2D eigenvalue weighted by atomic mass is 19.4. The van der Waals surface area contributed by atoms with Crippen molar-refractivity contribution in [2.75, 3.05) is 6.54 Å². The fourth-order valence-corrected chi connectivity index (χ4v) is 5.04. The van der Waals surface area contributed by atoms with Gasteiger partial charge in [-0.15, -0.1) is 0 Å². The van der Waals surface area contributed by atoms with E-state index < -0.39 is 11.7 Å². The predicted octanol–water partition coefficient (Wildman–Crippen LogP) is 8.47. The van der Waals surface area contributed by atoms with Gasteiger partial charge in [0, 0.05) is 24.5 Å². The second-order valence-corrected chi connectivity index (χ2v) is 9.71. The lowest BCUT2D eigenvalue weighted by Gasteiger charge is -2.42. The lowest BCUT2D eigenvalue weighted by molar-refractivity contribution is -0.137. The number of hydrogen-bond donors (Lipinski definition) is 0. The fourth-order valence-electron chi connectivity index (χ4n) is 5.04. The minimum absolute atomic E-state index is 0.132. The van der Waals surface area contributed by atoms with Crippen LogP contribution in [0.2, 0.25) is 0 Å². The van der Waals surface area contributed by atoms with Gasteiger partial charge < -0.3 is 0 Å². The molecule has 0 aliphatic carbocycles. The third-order valence-electron chi connectivity index (χ3n) is 6.89. The van der Waals surface area contributed by atoms with E-state index in [4.69, 9.17) is 0 Å². The van der Waals surface area contributed by atoms with Crippen LogP contribution in [0.25, 0.3) is 11.1 Å². The van der Waals surface area contributed by atoms with Crippen LogP contribution < -0.4 is 0 Å². The van der Waals surface area contributed by atoms with Gasteiger partial charge in [0.2, 0.25) is 0 Å². The zero-order valence-electron chi connectivity index (χ0n) is 19.9. The first-order chi connectivity index (χ1) is 16.3. The molecular formula is C29H33F3N2. The Labute approximate surface area is 200 Å². The van der Waals surface area contributed by atoms with Crippen molar-refractivity contribution >= 4 is 0 Å². The summed E-state index contributed by atoms with van der Waals surface area (Å²) in [5.74, 6) is 0.591. The Kier molecular flexibility index (Phi) is 7.72. The first-order valence-corrected chi connectivity index (χ1v) is 12.3. The molecule has 0 unspecified atom stereocenters. The Bertz CT molecular complexity index is 1030. The molecule has 1 saturated heterocycles. The average molecular weight is 467 g/mol. The molecule has 1 fully saturated rings. The van der Waals surface area contributed by atoms with Gasteiger partial charge in [0.15, 0.2) is 0 Å². The van der Waals surface area contributed by atoms with Crippen LogP contribution in [0.1, 0.15) is 74.7 Å². The Morgan fingerprint density at radius 3 is 2.12 bits per heavy atom. The molecule has 2 aromatic carbocycles. The molecule has 2 atom stereocenters. The molecule has 1 aliphatic rings. The van der Waals surface area contributed by atoms with Crippen LogP contribution in [0.5, 0.6) is 0 Å². The van der Waals surface area contributed by atoms with Crippen molar-refractivity contribution in [1.82, 2.24) is 9.88 Å². The molecular weight excluding hydrogens is 433 g/mol. The number of halogens is 3. The third-order valence-corrected chi connectivity index (χ3v) is 6.89. The van der Waals surface area contributed by atoms with Crippen LogP contribution in [0.15, 0.2) is 73.1 Å². The van der Waals surface area contributed by atoms with Crippen LogP contribution >= 0.6 is 0 Å². The van der Waals surface area contributed by atoms with Gasteiger partial charge in [-0.2, -0.15) is 13.2 Å². The van der Waals surface area contributed by atoms with Crippen molar-refractivity contribution in [2.45, 2.75) is 64.2 Å². The quantitative estimate of drug-likeness (QED) is 0.347. The molecule has 0 amide bonds. The first-order valence-electron chi connectivity index (χ1n) is 12.3. The number of likely N-dealkylation sites (tertiary alicyclic amines) is 1. The second-order valence-electron chi connectivity index (χ2n) is 9.71. The molecule has 5 heteroatoms. The minimum Gasteiger partial charge on any atom is -0.289 e. The zero-order chi connectivity index (χ0) is 24.1. The fraction of sp³-hybridized carbons (Fsp3) is 0.414. The van der Waals surface area contributed by atoms with Gasteiger partial charge in [-0.1, -0.05) is 56.7 Å². The number of rotatable bonds is 7. The van der Waals surface area contributed by atoms with Crippen LogP contribution in [0.4, 0.5) is 13.2 Å². The standard InChI is InChI=1S/C29H33F3N2/c1-21(2)6-15-28(24-9-7-22(8-10-24)23-16-18-33-19-17-23)34-20-4-3-5-27(34)25-11-13-26(14-12-25)29(30,31)32/h7-14,16-19,21,27-28H,3-6,15,20H2,1-2H3/t27-,28+/m1/s1. The molecule has 2 heterocycles. The van der Waals surface area contributed by atoms with E-state index in [1.165, 1.54) is 17.7 Å². The lowest BCUT2D eigenvalue weighted by atomic mass is 9.88. The Morgan fingerprint density at radius 2 is 1.50 bits per heavy atom. The van der Waals surface area contributed by atoms with Crippen molar-refractivity contribution in [2.24, 2.45) is 5.92 Å².